The van der Waals surface area contributed by atoms with E-state index >= 15 is 0 Å². The summed E-state index contributed by atoms with van der Waals surface area (Å²) in [7, 11) is 0. The molecule has 12 heavy (non-hydrogen) atoms. The molecule has 1 atom stereocenters. The molecule has 1 aliphatic heterocycles. The smallest absolute Gasteiger partial charge is 0.310 e. The van der Waals surface area contributed by atoms with Crippen LogP contribution in [0.2, 0.25) is 0 Å². The summed E-state index contributed by atoms with van der Waals surface area (Å²) < 4.78 is 0. The van der Waals surface area contributed by atoms with E-state index in [4.69, 9.17) is 5.11 Å². The van der Waals surface area contributed by atoms with Gasteiger partial charge in [-0.3, -0.25) is 4.79 Å². The van der Waals surface area contributed by atoms with Crippen LogP contribution >= 0.6 is 0 Å². The molecule has 0 aromatic carbocycles. The van der Waals surface area contributed by atoms with Crippen LogP contribution in [0.25, 0.3) is 0 Å². The van der Waals surface area contributed by atoms with Crippen LogP contribution in [0.1, 0.15) is 19.3 Å². The fourth-order valence-corrected chi connectivity index (χ4v) is 1.62. The van der Waals surface area contributed by atoms with E-state index < -0.39 is 11.4 Å². The van der Waals surface area contributed by atoms with Gasteiger partial charge in [-0.1, -0.05) is 6.08 Å². The highest BCUT2D eigenvalue weighted by atomic mass is 16.4. The predicted octanol–water partition coefficient (Wildman–Crippen LogP) is 1.02. The summed E-state index contributed by atoms with van der Waals surface area (Å²) in [5.74, 6) is -0.672. The molecular weight excluding hydrogens is 154 g/mol. The van der Waals surface area contributed by atoms with Gasteiger partial charge in [0.15, 0.2) is 0 Å². The number of hydrogen-bond acceptors (Lipinski definition) is 2. The molecule has 1 heterocycles. The first kappa shape index (κ1) is 9.26. The minimum Gasteiger partial charge on any atom is -0.481 e. The zero-order chi connectivity index (χ0) is 9.03. The summed E-state index contributed by atoms with van der Waals surface area (Å²) in [5, 5.41) is 12.1. The molecule has 2 N–H and O–H groups in total. The van der Waals surface area contributed by atoms with Crippen molar-refractivity contribution in [3.8, 4) is 0 Å². The van der Waals surface area contributed by atoms with Crippen LogP contribution in [0, 0.1) is 5.41 Å². The first-order valence-electron chi connectivity index (χ1n) is 4.26. The molecule has 1 aliphatic rings. The molecule has 0 spiro atoms. The predicted molar refractivity (Wildman–Crippen MR) is 47.0 cm³/mol. The highest BCUT2D eigenvalue weighted by Gasteiger charge is 2.40. The Kier molecular flexibility index (Phi) is 2.87. The topological polar surface area (TPSA) is 49.3 Å². The van der Waals surface area contributed by atoms with Gasteiger partial charge >= 0.3 is 5.97 Å². The van der Waals surface area contributed by atoms with E-state index in [0.717, 1.165) is 19.4 Å². The molecular formula is C9H15NO2. The van der Waals surface area contributed by atoms with Crippen LogP contribution in [-0.2, 0) is 4.79 Å². The highest BCUT2D eigenvalue weighted by Crippen LogP contribution is 2.31. The molecule has 3 nitrogen and oxygen atoms in total. The monoisotopic (exact) mass is 169 g/mol. The second-order valence-corrected chi connectivity index (χ2v) is 3.34. The van der Waals surface area contributed by atoms with E-state index in [0.29, 0.717) is 13.0 Å². The average Bonchev–Trinajstić information content (AvgIpc) is 2.50. The molecule has 0 radical (unpaired) electrons. The molecule has 0 aromatic heterocycles. The first-order valence-corrected chi connectivity index (χ1v) is 4.26. The van der Waals surface area contributed by atoms with Crippen LogP contribution in [0.15, 0.2) is 12.7 Å². The van der Waals surface area contributed by atoms with Crippen LogP contribution in [0.4, 0.5) is 0 Å². The Morgan fingerprint density at radius 1 is 1.75 bits per heavy atom. The summed E-state index contributed by atoms with van der Waals surface area (Å²) in [5.41, 5.74) is -0.520. The molecule has 0 aromatic rings. The van der Waals surface area contributed by atoms with Crippen molar-refractivity contribution in [2.75, 3.05) is 13.1 Å². The Bertz CT molecular complexity index is 183. The summed E-state index contributed by atoms with van der Waals surface area (Å²) >= 11 is 0. The van der Waals surface area contributed by atoms with E-state index in [1.807, 2.05) is 0 Å². The first-order chi connectivity index (χ1) is 5.71. The quantitative estimate of drug-likeness (QED) is 0.618. The maximum atomic E-state index is 11.0. The van der Waals surface area contributed by atoms with Crippen LogP contribution < -0.4 is 5.32 Å². The lowest BCUT2D eigenvalue weighted by Gasteiger charge is -2.21. The summed E-state index contributed by atoms with van der Waals surface area (Å²) in [6.45, 7) is 5.03. The molecule has 3 heteroatoms. The van der Waals surface area contributed by atoms with Crippen LogP contribution in [0.3, 0.4) is 0 Å². The second kappa shape index (κ2) is 3.72. The standard InChI is InChI=1S/C9H15NO2/c1-2-3-4-9(8(11)12)5-6-10-7-9/h2,10H,1,3-7H2,(H,11,12). The molecule has 0 aliphatic carbocycles. The van der Waals surface area contributed by atoms with Crippen molar-refractivity contribution in [2.45, 2.75) is 19.3 Å². The Morgan fingerprint density at radius 2 is 2.50 bits per heavy atom. The lowest BCUT2D eigenvalue weighted by atomic mass is 9.82. The average molecular weight is 169 g/mol. The fourth-order valence-electron chi connectivity index (χ4n) is 1.62. The number of carboxylic acids is 1. The summed E-state index contributed by atoms with van der Waals surface area (Å²) in [4.78, 5) is 11.0. The number of hydrogen-bond donors (Lipinski definition) is 2. The van der Waals surface area contributed by atoms with Crippen molar-refractivity contribution in [1.29, 1.82) is 0 Å². The molecule has 1 rings (SSSR count). The summed E-state index contributed by atoms with van der Waals surface area (Å²) in [6.07, 6.45) is 4.02. The third kappa shape index (κ3) is 1.67. The van der Waals surface area contributed by atoms with Gasteiger partial charge in [0.2, 0.25) is 0 Å². The van der Waals surface area contributed by atoms with Crippen LogP contribution in [0.5, 0.6) is 0 Å². The van der Waals surface area contributed by atoms with Crippen molar-refractivity contribution in [3.05, 3.63) is 12.7 Å². The van der Waals surface area contributed by atoms with Gasteiger partial charge < -0.3 is 10.4 Å². The van der Waals surface area contributed by atoms with E-state index in [1.165, 1.54) is 0 Å². The fraction of sp³-hybridized carbons (Fsp3) is 0.667. The number of rotatable bonds is 4. The Labute approximate surface area is 72.5 Å². The van der Waals surface area contributed by atoms with E-state index in [9.17, 15) is 4.79 Å². The number of carboxylic acid groups (broad SMARTS) is 1. The van der Waals surface area contributed by atoms with Gasteiger partial charge in [0.05, 0.1) is 5.41 Å². The Hall–Kier alpha value is -0.830. The van der Waals surface area contributed by atoms with E-state index in [-0.39, 0.29) is 0 Å². The maximum absolute atomic E-state index is 11.0. The summed E-state index contributed by atoms with van der Waals surface area (Å²) in [6, 6.07) is 0. The van der Waals surface area contributed by atoms with Crippen molar-refractivity contribution in [2.24, 2.45) is 5.41 Å². The minimum absolute atomic E-state index is 0.520. The number of nitrogens with one attached hydrogen (secondary N) is 1. The molecule has 1 fully saturated rings. The largest absolute Gasteiger partial charge is 0.481 e. The van der Waals surface area contributed by atoms with Gasteiger partial charge in [-0.05, 0) is 25.8 Å². The van der Waals surface area contributed by atoms with Crippen LogP contribution in [-0.4, -0.2) is 24.2 Å². The van der Waals surface area contributed by atoms with Crippen molar-refractivity contribution in [1.82, 2.24) is 5.32 Å². The number of allylic oxidation sites excluding steroid dienone is 1. The molecule has 0 saturated carbocycles. The normalized spacial score (nSPS) is 28.7. The molecule has 0 amide bonds. The number of carbonyl (C=O) groups is 1. The second-order valence-electron chi connectivity index (χ2n) is 3.34. The van der Waals surface area contributed by atoms with Gasteiger partial charge in [-0.15, -0.1) is 6.58 Å². The van der Waals surface area contributed by atoms with Gasteiger partial charge in [-0.25, -0.2) is 0 Å². The number of aliphatic carboxylic acids is 1. The third-order valence-electron chi connectivity index (χ3n) is 2.52. The zero-order valence-corrected chi connectivity index (χ0v) is 7.18. The van der Waals surface area contributed by atoms with Crippen molar-refractivity contribution in [3.63, 3.8) is 0 Å². The Balaban J connectivity index is 2.58. The molecule has 0 bridgehead atoms. The van der Waals surface area contributed by atoms with E-state index in [1.54, 1.807) is 6.08 Å². The molecule has 68 valence electrons. The lowest BCUT2D eigenvalue weighted by Crippen LogP contribution is -2.33. The Morgan fingerprint density at radius 3 is 2.92 bits per heavy atom. The molecule has 1 unspecified atom stereocenters. The zero-order valence-electron chi connectivity index (χ0n) is 7.18. The van der Waals surface area contributed by atoms with Gasteiger partial charge in [-0.2, -0.15) is 0 Å². The maximum Gasteiger partial charge on any atom is 0.310 e. The van der Waals surface area contributed by atoms with E-state index in [2.05, 4.69) is 11.9 Å². The van der Waals surface area contributed by atoms with Gasteiger partial charge in [0.25, 0.3) is 0 Å². The van der Waals surface area contributed by atoms with Gasteiger partial charge in [0, 0.05) is 6.54 Å². The van der Waals surface area contributed by atoms with Crippen molar-refractivity contribution >= 4 is 5.97 Å². The lowest BCUT2D eigenvalue weighted by molar-refractivity contribution is -0.148. The SMILES string of the molecule is C=CCCC1(C(=O)O)CCNC1. The highest BCUT2D eigenvalue weighted by molar-refractivity contribution is 5.75. The van der Waals surface area contributed by atoms with Crippen molar-refractivity contribution < 1.29 is 9.90 Å². The van der Waals surface area contributed by atoms with Gasteiger partial charge in [0.1, 0.15) is 0 Å². The minimum atomic E-state index is -0.672. The molecule has 1 saturated heterocycles. The third-order valence-corrected chi connectivity index (χ3v) is 2.52.